The molecule has 0 atom stereocenters. The Balaban J connectivity index is 2.13. The number of hydrogen-bond acceptors (Lipinski definition) is 1. The Kier molecular flexibility index (Phi) is 4.65. The first-order valence-electron chi connectivity index (χ1n) is 5.19. The maximum atomic E-state index is 13.1. The van der Waals surface area contributed by atoms with Gasteiger partial charge in [0, 0.05) is 20.5 Å². The molecule has 0 amide bonds. The molecule has 0 heterocycles. The maximum Gasteiger partial charge on any atom is 0.125 e. The van der Waals surface area contributed by atoms with Gasteiger partial charge in [0.05, 0.1) is 5.69 Å². The largest absolute Gasteiger partial charge is 0.380 e. The zero-order valence-corrected chi connectivity index (χ0v) is 13.1. The molecule has 0 unspecified atom stereocenters. The smallest absolute Gasteiger partial charge is 0.125 e. The van der Waals surface area contributed by atoms with E-state index in [-0.39, 0.29) is 5.82 Å². The summed E-state index contributed by atoms with van der Waals surface area (Å²) in [7, 11) is 0. The van der Waals surface area contributed by atoms with E-state index in [2.05, 4.69) is 37.2 Å². The Morgan fingerprint density at radius 2 is 1.89 bits per heavy atom. The molecule has 1 N–H and O–H groups in total. The van der Waals surface area contributed by atoms with Crippen LogP contribution in [0.1, 0.15) is 5.56 Å². The van der Waals surface area contributed by atoms with Gasteiger partial charge in [-0.05, 0) is 51.8 Å². The molecule has 0 bridgehead atoms. The lowest BCUT2D eigenvalue weighted by Crippen LogP contribution is -2.01. The lowest BCUT2D eigenvalue weighted by atomic mass is 10.2. The molecule has 0 aliphatic carbocycles. The molecule has 94 valence electrons. The van der Waals surface area contributed by atoms with Crippen molar-refractivity contribution in [3.63, 3.8) is 0 Å². The van der Waals surface area contributed by atoms with E-state index in [4.69, 9.17) is 11.6 Å². The van der Waals surface area contributed by atoms with Crippen molar-refractivity contribution < 1.29 is 4.39 Å². The number of nitrogens with one attached hydrogen (secondary N) is 1. The average molecular weight is 393 g/mol. The summed E-state index contributed by atoms with van der Waals surface area (Å²) in [5.74, 6) is -0.275. The highest BCUT2D eigenvalue weighted by Gasteiger charge is 2.04. The van der Waals surface area contributed by atoms with Crippen LogP contribution in [0.3, 0.4) is 0 Å². The number of hydrogen-bond donors (Lipinski definition) is 1. The Morgan fingerprint density at radius 3 is 2.61 bits per heavy atom. The Morgan fingerprint density at radius 1 is 1.11 bits per heavy atom. The highest BCUT2D eigenvalue weighted by atomic mass is 79.9. The Hall–Kier alpha value is -0.580. The van der Waals surface area contributed by atoms with Crippen LogP contribution >= 0.6 is 43.5 Å². The first-order valence-corrected chi connectivity index (χ1v) is 7.15. The van der Waals surface area contributed by atoms with Crippen molar-refractivity contribution in [1.29, 1.82) is 0 Å². The van der Waals surface area contributed by atoms with Crippen LogP contribution in [0.5, 0.6) is 0 Å². The van der Waals surface area contributed by atoms with Gasteiger partial charge in [-0.2, -0.15) is 0 Å². The van der Waals surface area contributed by atoms with Gasteiger partial charge in [0.1, 0.15) is 5.82 Å². The minimum absolute atomic E-state index is 0.275. The Bertz CT molecular complexity index is 575. The normalized spacial score (nSPS) is 10.4. The lowest BCUT2D eigenvalue weighted by Gasteiger charge is -2.10. The Labute approximate surface area is 127 Å². The molecule has 1 nitrogen and oxygen atoms in total. The number of anilines is 1. The van der Waals surface area contributed by atoms with Gasteiger partial charge < -0.3 is 5.32 Å². The maximum absolute atomic E-state index is 13.1. The molecule has 0 aliphatic heterocycles. The molecule has 2 aromatic rings. The molecular weight excluding hydrogens is 384 g/mol. The molecule has 2 aromatic carbocycles. The van der Waals surface area contributed by atoms with Crippen LogP contribution in [-0.4, -0.2) is 0 Å². The standard InChI is InChI=1S/C13H9Br2ClFN/c14-9-2-1-8(12(16)5-9)7-18-13-6-10(17)3-4-11(13)15/h1-6,18H,7H2. The second kappa shape index (κ2) is 6.04. The second-order valence-electron chi connectivity index (χ2n) is 3.71. The van der Waals surface area contributed by atoms with Gasteiger partial charge >= 0.3 is 0 Å². The van der Waals surface area contributed by atoms with Gasteiger partial charge in [-0.3, -0.25) is 0 Å². The first-order chi connectivity index (χ1) is 8.56. The zero-order chi connectivity index (χ0) is 13.1. The van der Waals surface area contributed by atoms with E-state index < -0.39 is 0 Å². The predicted molar refractivity (Wildman–Crippen MR) is 80.6 cm³/mol. The van der Waals surface area contributed by atoms with Gasteiger partial charge in [-0.25, -0.2) is 4.39 Å². The van der Waals surface area contributed by atoms with Gasteiger partial charge in [0.25, 0.3) is 0 Å². The third kappa shape index (κ3) is 3.46. The van der Waals surface area contributed by atoms with Crippen molar-refractivity contribution in [2.24, 2.45) is 0 Å². The monoisotopic (exact) mass is 391 g/mol. The van der Waals surface area contributed by atoms with Gasteiger partial charge in [0.2, 0.25) is 0 Å². The van der Waals surface area contributed by atoms with Crippen molar-refractivity contribution in [2.45, 2.75) is 6.54 Å². The summed E-state index contributed by atoms with van der Waals surface area (Å²) in [4.78, 5) is 0. The van der Waals surface area contributed by atoms with Crippen LogP contribution < -0.4 is 5.32 Å². The SMILES string of the molecule is Fc1ccc(Br)c(NCc2ccc(Br)cc2Cl)c1. The second-order valence-corrected chi connectivity index (χ2v) is 5.89. The fraction of sp³-hybridized carbons (Fsp3) is 0.0769. The minimum Gasteiger partial charge on any atom is -0.380 e. The molecule has 0 fully saturated rings. The van der Waals surface area contributed by atoms with E-state index in [1.807, 2.05) is 18.2 Å². The van der Waals surface area contributed by atoms with Crippen LogP contribution in [0.2, 0.25) is 5.02 Å². The average Bonchev–Trinajstić information content (AvgIpc) is 2.32. The summed E-state index contributed by atoms with van der Waals surface area (Å²) >= 11 is 12.8. The van der Waals surface area contributed by atoms with Crippen LogP contribution in [0, 0.1) is 5.82 Å². The summed E-state index contributed by atoms with van der Waals surface area (Å²) in [6, 6.07) is 10.2. The van der Waals surface area contributed by atoms with Crippen molar-refractivity contribution in [2.75, 3.05) is 5.32 Å². The molecule has 0 radical (unpaired) electrons. The highest BCUT2D eigenvalue weighted by molar-refractivity contribution is 9.10. The molecule has 0 aromatic heterocycles. The summed E-state index contributed by atoms with van der Waals surface area (Å²) in [6.07, 6.45) is 0. The predicted octanol–water partition coefficient (Wildman–Crippen LogP) is 5.62. The lowest BCUT2D eigenvalue weighted by molar-refractivity contribution is 0.628. The van der Waals surface area contributed by atoms with Crippen LogP contribution in [0.15, 0.2) is 45.3 Å². The van der Waals surface area contributed by atoms with Crippen molar-refractivity contribution in [3.8, 4) is 0 Å². The highest BCUT2D eigenvalue weighted by Crippen LogP contribution is 2.26. The molecule has 0 aliphatic rings. The minimum atomic E-state index is -0.275. The van der Waals surface area contributed by atoms with Crippen molar-refractivity contribution >= 4 is 49.1 Å². The fourth-order valence-corrected chi connectivity index (χ4v) is 2.62. The van der Waals surface area contributed by atoms with Gasteiger partial charge in [-0.15, -0.1) is 0 Å². The molecule has 5 heteroatoms. The third-order valence-electron chi connectivity index (χ3n) is 2.41. The summed E-state index contributed by atoms with van der Waals surface area (Å²) in [5, 5.41) is 3.81. The number of benzene rings is 2. The van der Waals surface area contributed by atoms with Gasteiger partial charge in [0.15, 0.2) is 0 Å². The first kappa shape index (κ1) is 13.8. The van der Waals surface area contributed by atoms with Gasteiger partial charge in [-0.1, -0.05) is 33.6 Å². The molecule has 2 rings (SSSR count). The van der Waals surface area contributed by atoms with E-state index in [0.717, 1.165) is 14.5 Å². The molecule has 0 saturated heterocycles. The van der Waals surface area contributed by atoms with E-state index in [9.17, 15) is 4.39 Å². The van der Waals surface area contributed by atoms with E-state index >= 15 is 0 Å². The van der Waals surface area contributed by atoms with Crippen LogP contribution in [0.25, 0.3) is 0 Å². The van der Waals surface area contributed by atoms with Crippen LogP contribution in [-0.2, 0) is 6.54 Å². The van der Waals surface area contributed by atoms with Crippen molar-refractivity contribution in [1.82, 2.24) is 0 Å². The summed E-state index contributed by atoms with van der Waals surface area (Å²) in [5.41, 5.74) is 1.66. The molecule has 18 heavy (non-hydrogen) atoms. The number of rotatable bonds is 3. The fourth-order valence-electron chi connectivity index (χ4n) is 1.49. The molecule has 0 saturated carbocycles. The van der Waals surface area contributed by atoms with E-state index in [1.54, 1.807) is 6.07 Å². The summed E-state index contributed by atoms with van der Waals surface area (Å²) in [6.45, 7) is 0.536. The van der Waals surface area contributed by atoms with Crippen molar-refractivity contribution in [3.05, 3.63) is 61.7 Å². The van der Waals surface area contributed by atoms with E-state index in [0.29, 0.717) is 17.3 Å². The molecular formula is C13H9Br2ClFN. The van der Waals surface area contributed by atoms with E-state index in [1.165, 1.54) is 12.1 Å². The quantitative estimate of drug-likeness (QED) is 0.714. The summed E-state index contributed by atoms with van der Waals surface area (Å²) < 4.78 is 14.9. The van der Waals surface area contributed by atoms with Crippen LogP contribution in [0.4, 0.5) is 10.1 Å². The zero-order valence-electron chi connectivity index (χ0n) is 9.18. The molecule has 0 spiro atoms. The third-order valence-corrected chi connectivity index (χ3v) is 3.95. The number of halogens is 4. The topological polar surface area (TPSA) is 12.0 Å².